The van der Waals surface area contributed by atoms with Gasteiger partial charge in [-0.05, 0) is 59.0 Å². The van der Waals surface area contributed by atoms with Gasteiger partial charge in [0.2, 0.25) is 0 Å². The van der Waals surface area contributed by atoms with E-state index >= 15 is 0 Å². The van der Waals surface area contributed by atoms with Crippen molar-refractivity contribution in [2.45, 2.75) is 0 Å². The lowest BCUT2D eigenvalue weighted by Gasteiger charge is -2.11. The van der Waals surface area contributed by atoms with Crippen LogP contribution in [0.4, 0.5) is 0 Å². The van der Waals surface area contributed by atoms with Crippen molar-refractivity contribution in [3.05, 3.63) is 200 Å². The fraction of sp³-hybridized carbons (Fsp3) is 0. The first kappa shape index (κ1) is 32.4. The van der Waals surface area contributed by atoms with Crippen LogP contribution in [-0.2, 0) is 0 Å². The topological polar surface area (TPSA) is 48.0 Å². The molecule has 12 rings (SSSR count). The zero-order valence-corrected chi connectivity index (χ0v) is 31.3. The summed E-state index contributed by atoms with van der Waals surface area (Å²) >= 11 is 0. The molecule has 5 nitrogen and oxygen atoms in total. The fourth-order valence-corrected chi connectivity index (χ4v) is 8.80. The Hall–Kier alpha value is -7.89. The van der Waals surface area contributed by atoms with E-state index in [9.17, 15) is 0 Å². The third-order valence-corrected chi connectivity index (χ3v) is 11.5. The Balaban J connectivity index is 0.946. The maximum absolute atomic E-state index is 4.92. The molecule has 0 unspecified atom stereocenters. The summed E-state index contributed by atoms with van der Waals surface area (Å²) in [4.78, 5) is 14.7. The second kappa shape index (κ2) is 12.8. The highest BCUT2D eigenvalue weighted by molar-refractivity contribution is 6.19. The molecule has 0 bridgehead atoms. The van der Waals surface area contributed by atoms with Crippen LogP contribution in [0.25, 0.3) is 111 Å². The molecule has 270 valence electrons. The fourth-order valence-electron chi connectivity index (χ4n) is 8.80. The van der Waals surface area contributed by atoms with E-state index < -0.39 is 0 Å². The van der Waals surface area contributed by atoms with E-state index in [4.69, 9.17) is 15.0 Å². The summed E-state index contributed by atoms with van der Waals surface area (Å²) < 4.78 is 4.86. The summed E-state index contributed by atoms with van der Waals surface area (Å²) in [6.45, 7) is 0. The zero-order valence-electron chi connectivity index (χ0n) is 31.3. The maximum Gasteiger partial charge on any atom is 0.164 e. The van der Waals surface area contributed by atoms with Crippen molar-refractivity contribution in [1.82, 2.24) is 23.9 Å². The Morgan fingerprint density at radius 1 is 0.276 bits per heavy atom. The maximum atomic E-state index is 4.92. The molecule has 5 heteroatoms. The normalized spacial score (nSPS) is 11.8. The summed E-state index contributed by atoms with van der Waals surface area (Å²) in [7, 11) is 0. The lowest BCUT2D eigenvalue weighted by molar-refractivity contribution is 1.07. The molecule has 0 aliphatic carbocycles. The highest BCUT2D eigenvalue weighted by Crippen LogP contribution is 2.39. The van der Waals surface area contributed by atoms with Crippen molar-refractivity contribution in [3.63, 3.8) is 0 Å². The van der Waals surface area contributed by atoms with E-state index in [1.54, 1.807) is 0 Å². The Morgan fingerprint density at radius 2 is 0.707 bits per heavy atom. The number of nitrogens with zero attached hydrogens (tertiary/aromatic N) is 5. The van der Waals surface area contributed by atoms with Crippen molar-refractivity contribution < 1.29 is 0 Å². The third-order valence-electron chi connectivity index (χ3n) is 11.5. The van der Waals surface area contributed by atoms with Crippen LogP contribution >= 0.6 is 0 Å². The molecule has 0 spiro atoms. The summed E-state index contributed by atoms with van der Waals surface area (Å²) in [6.07, 6.45) is 0. The molecule has 4 aromatic heterocycles. The average molecular weight is 740 g/mol. The van der Waals surface area contributed by atoms with Crippen LogP contribution in [0, 0.1) is 0 Å². The number of aromatic nitrogens is 5. The lowest BCUT2D eigenvalue weighted by Crippen LogP contribution is -2.00. The van der Waals surface area contributed by atoms with E-state index in [0.717, 1.165) is 33.5 Å². The molecular formula is C53H33N5. The summed E-state index contributed by atoms with van der Waals surface area (Å²) in [5, 5.41) is 7.51. The molecule has 0 fully saturated rings. The van der Waals surface area contributed by atoms with E-state index in [0.29, 0.717) is 17.5 Å². The molecule has 8 aromatic carbocycles. The molecule has 0 N–H and O–H groups in total. The average Bonchev–Trinajstić information content (AvgIpc) is 3.84. The number of benzene rings is 8. The van der Waals surface area contributed by atoms with Gasteiger partial charge in [-0.2, -0.15) is 0 Å². The van der Waals surface area contributed by atoms with E-state index in [2.05, 4.69) is 148 Å². The zero-order chi connectivity index (χ0) is 38.2. The van der Waals surface area contributed by atoms with Crippen molar-refractivity contribution in [2.24, 2.45) is 0 Å². The van der Waals surface area contributed by atoms with Gasteiger partial charge in [-0.3, -0.25) is 0 Å². The Kier molecular flexibility index (Phi) is 7.16. The van der Waals surface area contributed by atoms with Crippen LogP contribution in [0.1, 0.15) is 0 Å². The Labute approximate surface area is 333 Å². The highest BCUT2D eigenvalue weighted by Gasteiger charge is 2.18. The number of hydrogen-bond acceptors (Lipinski definition) is 3. The molecule has 4 heterocycles. The third kappa shape index (κ3) is 5.07. The second-order valence-electron chi connectivity index (χ2n) is 14.9. The number of fused-ring (bicyclic) bond motifs is 11. The molecule has 0 radical (unpaired) electrons. The highest BCUT2D eigenvalue weighted by atomic mass is 15.0. The Morgan fingerprint density at radius 3 is 1.31 bits per heavy atom. The van der Waals surface area contributed by atoms with Gasteiger partial charge in [0.1, 0.15) is 0 Å². The summed E-state index contributed by atoms with van der Waals surface area (Å²) in [5.74, 6) is 1.96. The number of rotatable bonds is 5. The van der Waals surface area contributed by atoms with Gasteiger partial charge in [0.15, 0.2) is 17.5 Å². The molecule has 0 saturated carbocycles. The number of hydrogen-bond donors (Lipinski definition) is 0. The van der Waals surface area contributed by atoms with E-state index in [1.165, 1.54) is 59.9 Å². The SMILES string of the molecule is c1ccc(-c2nc(-c3ccccc3)nc(-c3ccc(-c4ccc(-n5c6ccccc6c6cc7c(cc65)cc5c6ccccc6c6ccccc6n75)cc4)cc3)n2)cc1. The van der Waals surface area contributed by atoms with Crippen molar-refractivity contribution in [2.75, 3.05) is 0 Å². The van der Waals surface area contributed by atoms with Gasteiger partial charge in [0.05, 0.1) is 27.6 Å². The van der Waals surface area contributed by atoms with Crippen molar-refractivity contribution in [1.29, 1.82) is 0 Å². The van der Waals surface area contributed by atoms with Crippen LogP contribution in [0.2, 0.25) is 0 Å². The molecule has 0 aliphatic heterocycles. The standard InChI is InChI=1S/C53H33N5/c1-3-13-36(14-4-1)51-54-52(37-15-5-2-6-16-37)56-53(55-51)38-25-23-34(24-26-38)35-27-29-40(30-28-35)57-46-21-11-10-20-44(46)45-33-48-39(32-50(45)57)31-49-43-19-8-7-17-41(43)42-18-9-12-22-47(42)58(48)49/h1-33H. The smallest absolute Gasteiger partial charge is 0.164 e. The minimum absolute atomic E-state index is 0.646. The number of para-hydroxylation sites is 2. The first-order valence-electron chi connectivity index (χ1n) is 19.6. The number of pyridine rings is 1. The summed E-state index contributed by atoms with van der Waals surface area (Å²) in [6, 6.07) is 71.0. The minimum Gasteiger partial charge on any atom is -0.309 e. The summed E-state index contributed by atoms with van der Waals surface area (Å²) in [5.41, 5.74) is 12.3. The largest absolute Gasteiger partial charge is 0.309 e. The molecule has 0 amide bonds. The molecule has 58 heavy (non-hydrogen) atoms. The van der Waals surface area contributed by atoms with Crippen LogP contribution in [0.5, 0.6) is 0 Å². The van der Waals surface area contributed by atoms with Crippen LogP contribution in [0.3, 0.4) is 0 Å². The van der Waals surface area contributed by atoms with Gasteiger partial charge in [-0.25, -0.2) is 15.0 Å². The van der Waals surface area contributed by atoms with Crippen molar-refractivity contribution in [3.8, 4) is 51.0 Å². The molecule has 0 aliphatic rings. The first-order chi connectivity index (χ1) is 28.7. The van der Waals surface area contributed by atoms with Gasteiger partial charge in [-0.15, -0.1) is 0 Å². The predicted octanol–water partition coefficient (Wildman–Crippen LogP) is 13.3. The monoisotopic (exact) mass is 739 g/mol. The second-order valence-corrected chi connectivity index (χ2v) is 14.9. The molecule has 12 aromatic rings. The first-order valence-corrected chi connectivity index (χ1v) is 19.6. The van der Waals surface area contributed by atoms with Crippen LogP contribution in [0.15, 0.2) is 200 Å². The van der Waals surface area contributed by atoms with Crippen molar-refractivity contribution >= 4 is 59.9 Å². The van der Waals surface area contributed by atoms with Gasteiger partial charge in [0, 0.05) is 49.3 Å². The predicted molar refractivity (Wildman–Crippen MR) is 239 cm³/mol. The van der Waals surface area contributed by atoms with Crippen LogP contribution < -0.4 is 0 Å². The molecular weight excluding hydrogens is 707 g/mol. The Bertz CT molecular complexity index is 3470. The lowest BCUT2D eigenvalue weighted by atomic mass is 10.0. The molecule has 0 atom stereocenters. The van der Waals surface area contributed by atoms with E-state index in [-0.39, 0.29) is 0 Å². The van der Waals surface area contributed by atoms with Gasteiger partial charge in [0.25, 0.3) is 0 Å². The van der Waals surface area contributed by atoms with Crippen LogP contribution in [-0.4, -0.2) is 23.9 Å². The van der Waals surface area contributed by atoms with Gasteiger partial charge < -0.3 is 8.97 Å². The molecule has 0 saturated heterocycles. The quantitative estimate of drug-likeness (QED) is 0.165. The van der Waals surface area contributed by atoms with E-state index in [1.807, 2.05) is 60.7 Å². The van der Waals surface area contributed by atoms with Gasteiger partial charge >= 0.3 is 0 Å². The minimum atomic E-state index is 0.646. The van der Waals surface area contributed by atoms with Gasteiger partial charge in [-0.1, -0.05) is 158 Å².